The first-order valence-corrected chi connectivity index (χ1v) is 6.86. The van der Waals surface area contributed by atoms with Gasteiger partial charge in [-0.2, -0.15) is 0 Å². The van der Waals surface area contributed by atoms with Crippen LogP contribution in [0.25, 0.3) is 6.08 Å². The number of hydrogen-bond donors (Lipinski definition) is 1. The number of hydrogen-bond acceptors (Lipinski definition) is 3. The van der Waals surface area contributed by atoms with Crippen molar-refractivity contribution in [3.8, 4) is 0 Å². The molecule has 1 heterocycles. The maximum Gasteiger partial charge on any atom is 0.160 e. The van der Waals surface area contributed by atoms with Gasteiger partial charge in [-0.3, -0.25) is 4.79 Å². The molecule has 0 aromatic heterocycles. The van der Waals surface area contributed by atoms with E-state index in [-0.39, 0.29) is 5.78 Å². The minimum Gasteiger partial charge on any atom is -0.353 e. The van der Waals surface area contributed by atoms with E-state index in [2.05, 4.69) is 18.0 Å². The molecule has 0 amide bonds. The second-order valence-electron chi connectivity index (χ2n) is 4.38. The van der Waals surface area contributed by atoms with Gasteiger partial charge in [0.05, 0.1) is 11.4 Å². The smallest absolute Gasteiger partial charge is 0.160 e. The number of carbonyl (C=O) groups is 1. The van der Waals surface area contributed by atoms with E-state index in [0.717, 1.165) is 21.8 Å². The standard InChI is InChI=1S/C16H13NOS/c1-3-11-12(10(2)18)8-9-15-16(11)17-13-6-4-5-7-14(13)19-15/h3-9,17H,1H2,2H3. The summed E-state index contributed by atoms with van der Waals surface area (Å²) in [6.45, 7) is 5.42. The Kier molecular flexibility index (Phi) is 2.91. The molecule has 2 aromatic rings. The molecule has 0 radical (unpaired) electrons. The van der Waals surface area contributed by atoms with Crippen LogP contribution in [0, 0.1) is 0 Å². The topological polar surface area (TPSA) is 29.1 Å². The summed E-state index contributed by atoms with van der Waals surface area (Å²) in [4.78, 5) is 14.0. The Morgan fingerprint density at radius 3 is 2.74 bits per heavy atom. The Morgan fingerprint density at radius 2 is 2.00 bits per heavy atom. The first-order valence-electron chi connectivity index (χ1n) is 6.05. The van der Waals surface area contributed by atoms with Gasteiger partial charge >= 0.3 is 0 Å². The third-order valence-corrected chi connectivity index (χ3v) is 4.29. The maximum atomic E-state index is 11.7. The number of carbonyl (C=O) groups excluding carboxylic acids is 1. The zero-order chi connectivity index (χ0) is 13.4. The lowest BCUT2D eigenvalue weighted by Gasteiger charge is -2.23. The van der Waals surface area contributed by atoms with Crippen molar-refractivity contribution in [2.45, 2.75) is 16.7 Å². The molecule has 19 heavy (non-hydrogen) atoms. The number of nitrogens with one attached hydrogen (secondary N) is 1. The summed E-state index contributed by atoms with van der Waals surface area (Å²) in [5.41, 5.74) is 3.64. The summed E-state index contributed by atoms with van der Waals surface area (Å²) in [6, 6.07) is 12.0. The van der Waals surface area contributed by atoms with Gasteiger partial charge in [-0.1, -0.05) is 36.5 Å². The predicted molar refractivity (Wildman–Crippen MR) is 80.4 cm³/mol. The SMILES string of the molecule is C=Cc1c(C(C)=O)ccc2c1Nc1ccccc1S2. The fraction of sp³-hybridized carbons (Fsp3) is 0.0625. The average Bonchev–Trinajstić information content (AvgIpc) is 2.43. The van der Waals surface area contributed by atoms with E-state index in [1.807, 2.05) is 30.3 Å². The zero-order valence-corrected chi connectivity index (χ0v) is 11.4. The van der Waals surface area contributed by atoms with Crippen molar-refractivity contribution in [1.82, 2.24) is 0 Å². The van der Waals surface area contributed by atoms with Gasteiger partial charge in [0.2, 0.25) is 0 Å². The molecule has 0 aliphatic carbocycles. The van der Waals surface area contributed by atoms with E-state index >= 15 is 0 Å². The normalized spacial score (nSPS) is 12.1. The molecule has 3 heteroatoms. The van der Waals surface area contributed by atoms with E-state index in [1.165, 1.54) is 4.90 Å². The highest BCUT2D eigenvalue weighted by Gasteiger charge is 2.20. The van der Waals surface area contributed by atoms with Crippen LogP contribution < -0.4 is 5.32 Å². The van der Waals surface area contributed by atoms with E-state index in [1.54, 1.807) is 24.8 Å². The first-order chi connectivity index (χ1) is 9.20. The van der Waals surface area contributed by atoms with E-state index in [0.29, 0.717) is 5.56 Å². The third kappa shape index (κ3) is 1.96. The third-order valence-electron chi connectivity index (χ3n) is 3.16. The number of anilines is 2. The molecule has 0 bridgehead atoms. The van der Waals surface area contributed by atoms with Crippen molar-refractivity contribution >= 4 is 35.0 Å². The van der Waals surface area contributed by atoms with Gasteiger partial charge in [-0.25, -0.2) is 0 Å². The summed E-state index contributed by atoms with van der Waals surface area (Å²) < 4.78 is 0. The molecule has 2 nitrogen and oxygen atoms in total. The van der Waals surface area contributed by atoms with Crippen LogP contribution in [-0.2, 0) is 0 Å². The predicted octanol–water partition coefficient (Wildman–Crippen LogP) is 4.74. The van der Waals surface area contributed by atoms with Gasteiger partial charge in [-0.05, 0) is 31.2 Å². The van der Waals surface area contributed by atoms with Gasteiger partial charge in [0.15, 0.2) is 5.78 Å². The Labute approximate surface area is 116 Å². The summed E-state index contributed by atoms with van der Waals surface area (Å²) >= 11 is 1.71. The summed E-state index contributed by atoms with van der Waals surface area (Å²) in [6.07, 6.45) is 1.75. The first kappa shape index (κ1) is 12.1. The van der Waals surface area contributed by atoms with Crippen LogP contribution in [0.15, 0.2) is 52.8 Å². The van der Waals surface area contributed by atoms with Crippen LogP contribution in [0.2, 0.25) is 0 Å². The lowest BCUT2D eigenvalue weighted by Crippen LogP contribution is -2.05. The summed E-state index contributed by atoms with van der Waals surface area (Å²) in [5, 5.41) is 3.41. The highest BCUT2D eigenvalue weighted by Crippen LogP contribution is 2.46. The van der Waals surface area contributed by atoms with Gasteiger partial charge in [0.1, 0.15) is 0 Å². The summed E-state index contributed by atoms with van der Waals surface area (Å²) in [5.74, 6) is 0.0587. The van der Waals surface area contributed by atoms with Crippen molar-refractivity contribution in [2.75, 3.05) is 5.32 Å². The Hall–Kier alpha value is -2.00. The van der Waals surface area contributed by atoms with Crippen molar-refractivity contribution in [3.63, 3.8) is 0 Å². The number of para-hydroxylation sites is 1. The molecule has 2 aromatic carbocycles. The zero-order valence-electron chi connectivity index (χ0n) is 10.6. The molecular formula is C16H13NOS. The van der Waals surface area contributed by atoms with E-state index < -0.39 is 0 Å². The van der Waals surface area contributed by atoms with Crippen molar-refractivity contribution < 1.29 is 4.79 Å². The van der Waals surface area contributed by atoms with Crippen LogP contribution in [0.4, 0.5) is 11.4 Å². The van der Waals surface area contributed by atoms with Gasteiger partial charge < -0.3 is 5.32 Å². The number of rotatable bonds is 2. The average molecular weight is 267 g/mol. The lowest BCUT2D eigenvalue weighted by atomic mass is 10.0. The Bertz CT molecular complexity index is 691. The highest BCUT2D eigenvalue weighted by atomic mass is 32.2. The van der Waals surface area contributed by atoms with E-state index in [9.17, 15) is 4.79 Å². The molecule has 0 spiro atoms. The minimum absolute atomic E-state index is 0.0587. The van der Waals surface area contributed by atoms with Gasteiger partial charge in [0.25, 0.3) is 0 Å². The Balaban J connectivity index is 2.18. The summed E-state index contributed by atoms with van der Waals surface area (Å²) in [7, 11) is 0. The fourth-order valence-electron chi connectivity index (χ4n) is 2.24. The van der Waals surface area contributed by atoms with Gasteiger partial charge in [-0.15, -0.1) is 0 Å². The van der Waals surface area contributed by atoms with Crippen LogP contribution in [0.3, 0.4) is 0 Å². The molecule has 0 saturated carbocycles. The molecular weight excluding hydrogens is 254 g/mol. The second kappa shape index (κ2) is 4.59. The van der Waals surface area contributed by atoms with Crippen molar-refractivity contribution in [1.29, 1.82) is 0 Å². The van der Waals surface area contributed by atoms with Crippen LogP contribution in [0.5, 0.6) is 0 Å². The van der Waals surface area contributed by atoms with Crippen molar-refractivity contribution in [2.24, 2.45) is 0 Å². The van der Waals surface area contributed by atoms with Crippen LogP contribution >= 0.6 is 11.8 Å². The Morgan fingerprint density at radius 1 is 1.21 bits per heavy atom. The highest BCUT2D eigenvalue weighted by molar-refractivity contribution is 7.99. The second-order valence-corrected chi connectivity index (χ2v) is 5.47. The van der Waals surface area contributed by atoms with Crippen molar-refractivity contribution in [3.05, 3.63) is 54.1 Å². The van der Waals surface area contributed by atoms with E-state index in [4.69, 9.17) is 0 Å². The largest absolute Gasteiger partial charge is 0.353 e. The number of Topliss-reactive ketones (excluding diaryl/α,β-unsaturated/α-hetero) is 1. The minimum atomic E-state index is 0.0587. The molecule has 0 atom stereocenters. The molecule has 1 N–H and O–H groups in total. The van der Waals surface area contributed by atoms with Crippen LogP contribution in [0.1, 0.15) is 22.8 Å². The number of ketones is 1. The molecule has 0 saturated heterocycles. The monoisotopic (exact) mass is 267 g/mol. The molecule has 1 aliphatic rings. The molecule has 0 unspecified atom stereocenters. The maximum absolute atomic E-state index is 11.7. The quantitative estimate of drug-likeness (QED) is 0.680. The van der Waals surface area contributed by atoms with Crippen LogP contribution in [-0.4, -0.2) is 5.78 Å². The molecule has 3 rings (SSSR count). The number of benzene rings is 2. The molecule has 1 aliphatic heterocycles. The number of fused-ring (bicyclic) bond motifs is 2. The lowest BCUT2D eigenvalue weighted by molar-refractivity contribution is 0.101. The molecule has 94 valence electrons. The fourth-order valence-corrected chi connectivity index (χ4v) is 3.26. The molecule has 0 fully saturated rings. The van der Waals surface area contributed by atoms with Gasteiger partial charge in [0, 0.05) is 20.9 Å².